The Morgan fingerprint density at radius 1 is 1.09 bits per heavy atom. The Labute approximate surface area is 186 Å². The van der Waals surface area contributed by atoms with Crippen molar-refractivity contribution < 1.29 is 9.21 Å². The predicted molar refractivity (Wildman–Crippen MR) is 121 cm³/mol. The number of fused-ring (bicyclic) bond motifs is 3. The van der Waals surface area contributed by atoms with Gasteiger partial charge in [-0.15, -0.1) is 0 Å². The van der Waals surface area contributed by atoms with Crippen LogP contribution in [-0.4, -0.2) is 17.9 Å². The number of nitriles is 2. The van der Waals surface area contributed by atoms with Gasteiger partial charge in [0.25, 0.3) is 0 Å². The maximum atomic E-state index is 13.9. The summed E-state index contributed by atoms with van der Waals surface area (Å²) >= 11 is 0. The van der Waals surface area contributed by atoms with Crippen LogP contribution < -0.4 is 4.90 Å². The molecule has 0 spiro atoms. The fourth-order valence-corrected chi connectivity index (χ4v) is 5.13. The van der Waals surface area contributed by atoms with Crippen LogP contribution >= 0.6 is 0 Å². The van der Waals surface area contributed by atoms with E-state index in [1.165, 1.54) is 6.26 Å². The molecule has 3 heterocycles. The highest BCUT2D eigenvalue weighted by molar-refractivity contribution is 5.94. The molecule has 156 valence electrons. The van der Waals surface area contributed by atoms with Crippen molar-refractivity contribution in [2.45, 2.75) is 31.3 Å². The number of furan rings is 1. The highest BCUT2D eigenvalue weighted by atomic mass is 16.3. The Morgan fingerprint density at radius 3 is 2.53 bits per heavy atom. The quantitative estimate of drug-likeness (QED) is 0.607. The van der Waals surface area contributed by atoms with Gasteiger partial charge in [-0.1, -0.05) is 60.2 Å². The minimum atomic E-state index is -1.43. The maximum absolute atomic E-state index is 13.9. The van der Waals surface area contributed by atoms with Crippen molar-refractivity contribution in [2.24, 2.45) is 5.41 Å². The number of Topliss-reactive ketones (excluding diaryl/α,β-unsaturated/α-hetero) is 1. The zero-order valence-electron chi connectivity index (χ0n) is 17.6. The number of benzene rings is 2. The molecule has 1 aromatic heterocycles. The first kappa shape index (κ1) is 19.8. The van der Waals surface area contributed by atoms with Crippen LogP contribution in [-0.2, 0) is 11.2 Å². The second-order valence-corrected chi connectivity index (χ2v) is 8.47. The molecule has 0 unspecified atom stereocenters. The van der Waals surface area contributed by atoms with E-state index in [4.69, 9.17) is 4.42 Å². The van der Waals surface area contributed by atoms with E-state index in [2.05, 4.69) is 12.1 Å². The number of para-hydroxylation sites is 1. The molecule has 3 atom stereocenters. The second-order valence-electron chi connectivity index (χ2n) is 8.47. The van der Waals surface area contributed by atoms with Crippen molar-refractivity contribution in [2.75, 3.05) is 4.90 Å². The SMILES string of the molecule is Cc1ccc(CC(=O)[C@@H]2[C@@H](c3ccoc3)C(C#N)(C#N)[C@H]3C=Cc4ccccc4N23)cc1. The molecular formula is C27H21N3O2. The minimum absolute atomic E-state index is 0.0254. The van der Waals surface area contributed by atoms with Crippen LogP contribution in [0.25, 0.3) is 6.08 Å². The van der Waals surface area contributed by atoms with Gasteiger partial charge in [0.1, 0.15) is 0 Å². The molecule has 3 aromatic rings. The van der Waals surface area contributed by atoms with Crippen LogP contribution in [0.4, 0.5) is 5.69 Å². The zero-order valence-corrected chi connectivity index (χ0v) is 17.6. The van der Waals surface area contributed by atoms with Crippen LogP contribution in [0.3, 0.4) is 0 Å². The zero-order chi connectivity index (χ0) is 22.3. The molecule has 2 aromatic carbocycles. The number of rotatable bonds is 4. The normalized spacial score (nSPS) is 22.5. The smallest absolute Gasteiger partial charge is 0.176 e. The lowest BCUT2D eigenvalue weighted by molar-refractivity contribution is -0.120. The van der Waals surface area contributed by atoms with Crippen molar-refractivity contribution in [3.8, 4) is 12.1 Å². The van der Waals surface area contributed by atoms with Crippen LogP contribution in [0.2, 0.25) is 0 Å². The van der Waals surface area contributed by atoms with Gasteiger partial charge in [0, 0.05) is 18.0 Å². The summed E-state index contributed by atoms with van der Waals surface area (Å²) in [7, 11) is 0. The molecule has 0 saturated carbocycles. The van der Waals surface area contributed by atoms with Gasteiger partial charge in [0.15, 0.2) is 11.2 Å². The average molecular weight is 419 g/mol. The number of aryl methyl sites for hydroxylation is 1. The molecule has 0 amide bonds. The summed E-state index contributed by atoms with van der Waals surface area (Å²) in [5, 5.41) is 20.6. The van der Waals surface area contributed by atoms with E-state index in [-0.39, 0.29) is 12.2 Å². The van der Waals surface area contributed by atoms with E-state index in [1.54, 1.807) is 12.3 Å². The van der Waals surface area contributed by atoms with E-state index in [0.29, 0.717) is 5.56 Å². The maximum Gasteiger partial charge on any atom is 0.176 e. The fourth-order valence-electron chi connectivity index (χ4n) is 5.13. The lowest BCUT2D eigenvalue weighted by Gasteiger charge is -2.35. The first-order chi connectivity index (χ1) is 15.6. The van der Waals surface area contributed by atoms with Crippen molar-refractivity contribution in [3.63, 3.8) is 0 Å². The van der Waals surface area contributed by atoms with Gasteiger partial charge in [-0.3, -0.25) is 4.79 Å². The number of hydrogen-bond acceptors (Lipinski definition) is 5. The highest BCUT2D eigenvalue weighted by Crippen LogP contribution is 2.55. The Kier molecular flexibility index (Phi) is 4.68. The lowest BCUT2D eigenvalue weighted by Crippen LogP contribution is -2.44. The summed E-state index contributed by atoms with van der Waals surface area (Å²) in [6.07, 6.45) is 7.13. The number of ketones is 1. The molecule has 2 aliphatic rings. The Bertz CT molecular complexity index is 1260. The highest BCUT2D eigenvalue weighted by Gasteiger charge is 2.63. The Hall–Kier alpha value is -4.09. The summed E-state index contributed by atoms with van der Waals surface area (Å²) < 4.78 is 5.32. The Balaban J connectivity index is 1.68. The first-order valence-electron chi connectivity index (χ1n) is 10.6. The number of nitrogens with zero attached hydrogens (tertiary/aromatic N) is 3. The minimum Gasteiger partial charge on any atom is -0.472 e. The summed E-state index contributed by atoms with van der Waals surface area (Å²) in [6.45, 7) is 2.01. The van der Waals surface area contributed by atoms with E-state index in [9.17, 15) is 15.3 Å². The molecule has 5 rings (SSSR count). The number of carbonyl (C=O) groups is 1. The molecule has 0 bridgehead atoms. The molecule has 2 aliphatic heterocycles. The third-order valence-corrected chi connectivity index (χ3v) is 6.65. The fraction of sp³-hybridized carbons (Fsp3) is 0.222. The Morgan fingerprint density at radius 2 is 1.84 bits per heavy atom. The van der Waals surface area contributed by atoms with Gasteiger partial charge in [0.05, 0.1) is 36.7 Å². The standard InChI is InChI=1S/C27H21N3O2/c1-18-6-8-19(9-7-18)14-23(31)26-25(21-12-13-32-15-21)27(16-28,17-29)24-11-10-20-4-2-3-5-22(20)30(24)26/h2-13,15,24-26H,14H2,1H3/t24-,25-,26-/m1/s1. The monoisotopic (exact) mass is 419 g/mol. The molecule has 1 fully saturated rings. The largest absolute Gasteiger partial charge is 0.472 e. The number of anilines is 1. The third-order valence-electron chi connectivity index (χ3n) is 6.65. The van der Waals surface area contributed by atoms with E-state index < -0.39 is 23.4 Å². The van der Waals surface area contributed by atoms with Crippen LogP contribution in [0.1, 0.15) is 28.2 Å². The summed E-state index contributed by atoms with van der Waals surface area (Å²) in [5.41, 5.74) is 3.13. The van der Waals surface area contributed by atoms with Gasteiger partial charge in [-0.2, -0.15) is 10.5 Å². The molecule has 32 heavy (non-hydrogen) atoms. The number of hydrogen-bond donors (Lipinski definition) is 0. The summed E-state index contributed by atoms with van der Waals surface area (Å²) in [4.78, 5) is 15.9. The molecule has 1 saturated heterocycles. The van der Waals surface area contributed by atoms with Crippen LogP contribution in [0, 0.1) is 35.0 Å². The van der Waals surface area contributed by atoms with E-state index in [0.717, 1.165) is 22.4 Å². The predicted octanol–water partition coefficient (Wildman–Crippen LogP) is 4.80. The van der Waals surface area contributed by atoms with Gasteiger partial charge in [0.2, 0.25) is 0 Å². The van der Waals surface area contributed by atoms with Crippen molar-refractivity contribution in [1.29, 1.82) is 10.5 Å². The van der Waals surface area contributed by atoms with E-state index >= 15 is 0 Å². The second kappa shape index (κ2) is 7.55. The van der Waals surface area contributed by atoms with Crippen molar-refractivity contribution >= 4 is 17.5 Å². The average Bonchev–Trinajstić information content (AvgIpc) is 3.44. The van der Waals surface area contributed by atoms with Crippen molar-refractivity contribution in [1.82, 2.24) is 0 Å². The van der Waals surface area contributed by atoms with Crippen LogP contribution in [0.5, 0.6) is 0 Å². The molecular weight excluding hydrogens is 398 g/mol. The molecule has 5 nitrogen and oxygen atoms in total. The van der Waals surface area contributed by atoms with Gasteiger partial charge in [-0.25, -0.2) is 0 Å². The third kappa shape index (κ3) is 2.87. The summed E-state index contributed by atoms with van der Waals surface area (Å²) in [5.74, 6) is -0.669. The van der Waals surface area contributed by atoms with Crippen molar-refractivity contribution in [3.05, 3.63) is 95.5 Å². The van der Waals surface area contributed by atoms with Crippen LogP contribution in [0.15, 0.2) is 77.6 Å². The summed E-state index contributed by atoms with van der Waals surface area (Å²) in [6, 6.07) is 20.8. The van der Waals surface area contributed by atoms with Gasteiger partial charge >= 0.3 is 0 Å². The molecule has 5 heteroatoms. The van der Waals surface area contributed by atoms with Gasteiger partial charge < -0.3 is 9.32 Å². The first-order valence-corrected chi connectivity index (χ1v) is 10.6. The lowest BCUT2D eigenvalue weighted by atomic mass is 9.69. The molecule has 0 N–H and O–H groups in total. The van der Waals surface area contributed by atoms with Gasteiger partial charge in [-0.05, 0) is 35.7 Å². The molecule has 0 radical (unpaired) electrons. The molecule has 0 aliphatic carbocycles. The number of carbonyl (C=O) groups excluding carboxylic acids is 1. The topological polar surface area (TPSA) is 81.0 Å². The van der Waals surface area contributed by atoms with E-state index in [1.807, 2.05) is 72.5 Å².